The Hall–Kier alpha value is -2.55. The van der Waals surface area contributed by atoms with Gasteiger partial charge in [0.1, 0.15) is 12.4 Å². The Morgan fingerprint density at radius 1 is 1.26 bits per heavy atom. The van der Waals surface area contributed by atoms with Crippen LogP contribution in [0, 0.1) is 0 Å². The highest BCUT2D eigenvalue weighted by molar-refractivity contribution is 5.86. The predicted octanol–water partition coefficient (Wildman–Crippen LogP) is 3.68. The third kappa shape index (κ3) is 4.00. The van der Waals surface area contributed by atoms with Crippen molar-refractivity contribution >= 4 is 18.1 Å². The summed E-state index contributed by atoms with van der Waals surface area (Å²) in [4.78, 5) is 11.5. The summed E-state index contributed by atoms with van der Waals surface area (Å²) < 4.78 is 10.2. The van der Waals surface area contributed by atoms with Crippen LogP contribution in [-0.2, 0) is 16.1 Å². The Bertz CT molecular complexity index is 563. The second-order valence-electron chi connectivity index (χ2n) is 3.90. The molecular formula is C16H14O3. The van der Waals surface area contributed by atoms with Crippen molar-refractivity contribution in [3.05, 3.63) is 72.2 Å². The van der Waals surface area contributed by atoms with Crippen molar-refractivity contribution in [2.45, 2.75) is 6.61 Å². The number of carbonyl (C=O) groups excluding carboxylic acids is 1. The number of esters is 1. The van der Waals surface area contributed by atoms with Gasteiger partial charge in [0, 0.05) is 6.08 Å². The Morgan fingerprint density at radius 3 is 2.68 bits per heavy atom. The second kappa shape index (κ2) is 6.40. The molecule has 0 bridgehead atoms. The zero-order chi connectivity index (χ0) is 13.5. The molecule has 2 rings (SSSR count). The molecule has 0 amide bonds. The Balaban J connectivity index is 1.84. The van der Waals surface area contributed by atoms with Gasteiger partial charge in [-0.3, -0.25) is 0 Å². The van der Waals surface area contributed by atoms with Crippen LogP contribution in [0.1, 0.15) is 16.9 Å². The molecule has 0 aliphatic rings. The molecule has 0 aliphatic carbocycles. The van der Waals surface area contributed by atoms with Crippen LogP contribution in [0.25, 0.3) is 12.2 Å². The molecule has 96 valence electrons. The van der Waals surface area contributed by atoms with Crippen LogP contribution < -0.4 is 0 Å². The minimum atomic E-state index is -0.399. The summed E-state index contributed by atoms with van der Waals surface area (Å²) in [5, 5.41) is 0. The van der Waals surface area contributed by atoms with E-state index in [-0.39, 0.29) is 6.61 Å². The van der Waals surface area contributed by atoms with Crippen LogP contribution in [0.5, 0.6) is 0 Å². The topological polar surface area (TPSA) is 39.4 Å². The molecule has 0 unspecified atom stereocenters. The first-order valence-corrected chi connectivity index (χ1v) is 5.87. The summed E-state index contributed by atoms with van der Waals surface area (Å²) in [6.45, 7) is 3.93. The predicted molar refractivity (Wildman–Crippen MR) is 74.1 cm³/mol. The standard InChI is InChI=1S/C16H14O3/c1-2-13-5-7-14(8-6-13)12-19-16(17)10-9-15-4-3-11-18-15/h2-11H,1,12H2. The summed E-state index contributed by atoms with van der Waals surface area (Å²) in [6.07, 6.45) is 6.23. The van der Waals surface area contributed by atoms with E-state index >= 15 is 0 Å². The average Bonchev–Trinajstić information content (AvgIpc) is 2.96. The molecule has 0 saturated carbocycles. The van der Waals surface area contributed by atoms with E-state index in [2.05, 4.69) is 6.58 Å². The van der Waals surface area contributed by atoms with Crippen LogP contribution in [-0.4, -0.2) is 5.97 Å². The zero-order valence-corrected chi connectivity index (χ0v) is 10.4. The largest absolute Gasteiger partial charge is 0.465 e. The normalized spacial score (nSPS) is 10.5. The van der Waals surface area contributed by atoms with E-state index in [0.29, 0.717) is 5.76 Å². The van der Waals surface area contributed by atoms with Gasteiger partial charge in [-0.15, -0.1) is 0 Å². The molecule has 1 aromatic heterocycles. The van der Waals surface area contributed by atoms with Gasteiger partial charge in [-0.1, -0.05) is 36.9 Å². The van der Waals surface area contributed by atoms with E-state index in [4.69, 9.17) is 9.15 Å². The van der Waals surface area contributed by atoms with Gasteiger partial charge in [0.25, 0.3) is 0 Å². The van der Waals surface area contributed by atoms with Crippen molar-refractivity contribution in [3.8, 4) is 0 Å². The molecular weight excluding hydrogens is 240 g/mol. The van der Waals surface area contributed by atoms with Crippen molar-refractivity contribution in [1.82, 2.24) is 0 Å². The van der Waals surface area contributed by atoms with Crippen LogP contribution in [0.3, 0.4) is 0 Å². The molecule has 0 spiro atoms. The maximum atomic E-state index is 11.5. The number of ether oxygens (including phenoxy) is 1. The van der Waals surface area contributed by atoms with E-state index in [1.807, 2.05) is 24.3 Å². The highest BCUT2D eigenvalue weighted by atomic mass is 16.5. The first kappa shape index (κ1) is 12.9. The van der Waals surface area contributed by atoms with Gasteiger partial charge in [0.05, 0.1) is 6.26 Å². The second-order valence-corrected chi connectivity index (χ2v) is 3.90. The van der Waals surface area contributed by atoms with E-state index in [1.165, 1.54) is 6.08 Å². The molecule has 3 heteroatoms. The lowest BCUT2D eigenvalue weighted by molar-refractivity contribution is -0.138. The fraction of sp³-hybridized carbons (Fsp3) is 0.0625. The fourth-order valence-corrected chi connectivity index (χ4v) is 1.49. The molecule has 0 aliphatic heterocycles. The van der Waals surface area contributed by atoms with Crippen LogP contribution in [0.4, 0.5) is 0 Å². The molecule has 2 aromatic rings. The molecule has 0 radical (unpaired) electrons. The summed E-state index contributed by atoms with van der Waals surface area (Å²) in [7, 11) is 0. The average molecular weight is 254 g/mol. The van der Waals surface area contributed by atoms with Crippen molar-refractivity contribution in [2.24, 2.45) is 0 Å². The molecule has 0 N–H and O–H groups in total. The molecule has 19 heavy (non-hydrogen) atoms. The number of furan rings is 1. The SMILES string of the molecule is C=Cc1ccc(COC(=O)C=Cc2ccco2)cc1. The lowest BCUT2D eigenvalue weighted by atomic mass is 10.1. The maximum absolute atomic E-state index is 11.5. The molecule has 1 aromatic carbocycles. The highest BCUT2D eigenvalue weighted by Crippen LogP contribution is 2.07. The lowest BCUT2D eigenvalue weighted by Gasteiger charge is -2.02. The van der Waals surface area contributed by atoms with Crippen LogP contribution in [0.15, 0.2) is 59.7 Å². The van der Waals surface area contributed by atoms with Crippen molar-refractivity contribution in [2.75, 3.05) is 0 Å². The van der Waals surface area contributed by atoms with E-state index in [0.717, 1.165) is 11.1 Å². The number of hydrogen-bond donors (Lipinski definition) is 0. The Kier molecular flexibility index (Phi) is 4.34. The number of carbonyl (C=O) groups is 1. The quantitative estimate of drug-likeness (QED) is 0.603. The summed E-state index contributed by atoms with van der Waals surface area (Å²) in [5.74, 6) is 0.219. The van der Waals surface area contributed by atoms with Crippen LogP contribution >= 0.6 is 0 Å². The van der Waals surface area contributed by atoms with Crippen molar-refractivity contribution < 1.29 is 13.9 Å². The third-order valence-corrected chi connectivity index (χ3v) is 2.52. The molecule has 0 atom stereocenters. The summed E-state index contributed by atoms with van der Waals surface area (Å²) in [6, 6.07) is 11.2. The molecule has 0 fully saturated rings. The third-order valence-electron chi connectivity index (χ3n) is 2.52. The maximum Gasteiger partial charge on any atom is 0.331 e. The summed E-state index contributed by atoms with van der Waals surface area (Å²) in [5.41, 5.74) is 1.97. The van der Waals surface area contributed by atoms with E-state index in [9.17, 15) is 4.79 Å². The minimum absolute atomic E-state index is 0.249. The van der Waals surface area contributed by atoms with Gasteiger partial charge in [0.15, 0.2) is 0 Å². The smallest absolute Gasteiger partial charge is 0.331 e. The van der Waals surface area contributed by atoms with Gasteiger partial charge in [0.2, 0.25) is 0 Å². The highest BCUT2D eigenvalue weighted by Gasteiger charge is 1.99. The zero-order valence-electron chi connectivity index (χ0n) is 10.4. The summed E-state index contributed by atoms with van der Waals surface area (Å²) >= 11 is 0. The first-order chi connectivity index (χ1) is 9.28. The lowest BCUT2D eigenvalue weighted by Crippen LogP contribution is -2.00. The molecule has 1 heterocycles. The van der Waals surface area contributed by atoms with Crippen LogP contribution in [0.2, 0.25) is 0 Å². The van der Waals surface area contributed by atoms with Crippen molar-refractivity contribution in [3.63, 3.8) is 0 Å². The van der Waals surface area contributed by atoms with E-state index in [1.54, 1.807) is 30.5 Å². The fourth-order valence-electron chi connectivity index (χ4n) is 1.49. The number of benzene rings is 1. The van der Waals surface area contributed by atoms with Gasteiger partial charge < -0.3 is 9.15 Å². The van der Waals surface area contributed by atoms with Gasteiger partial charge in [-0.25, -0.2) is 4.79 Å². The van der Waals surface area contributed by atoms with Gasteiger partial charge in [-0.2, -0.15) is 0 Å². The van der Waals surface area contributed by atoms with E-state index < -0.39 is 5.97 Å². The monoisotopic (exact) mass is 254 g/mol. The van der Waals surface area contributed by atoms with Gasteiger partial charge in [-0.05, 0) is 29.3 Å². The number of hydrogen-bond acceptors (Lipinski definition) is 3. The van der Waals surface area contributed by atoms with Gasteiger partial charge >= 0.3 is 5.97 Å². The van der Waals surface area contributed by atoms with Crippen molar-refractivity contribution in [1.29, 1.82) is 0 Å². The number of rotatable bonds is 5. The molecule has 3 nitrogen and oxygen atoms in total. The minimum Gasteiger partial charge on any atom is -0.465 e. The molecule has 0 saturated heterocycles. The Morgan fingerprint density at radius 2 is 2.05 bits per heavy atom. The first-order valence-electron chi connectivity index (χ1n) is 5.87. The Labute approximate surface area is 111 Å².